The van der Waals surface area contributed by atoms with Crippen LogP contribution >= 0.6 is 0 Å². The third kappa shape index (κ3) is 3.13. The molecule has 0 atom stereocenters. The molecule has 0 radical (unpaired) electrons. The number of hydrogen-bond acceptors (Lipinski definition) is 3. The number of fused-ring (bicyclic) bond motifs is 3. The number of benzene rings is 4. The number of nitrogens with one attached hydrogen (secondary N) is 1. The summed E-state index contributed by atoms with van der Waals surface area (Å²) in [6.45, 7) is 0. The van der Waals surface area contributed by atoms with Crippen LogP contribution in [0.2, 0.25) is 0 Å². The Hall–Kier alpha value is -3.89. The molecule has 3 N–H and O–H groups in total. The van der Waals surface area contributed by atoms with Gasteiger partial charge in [0.2, 0.25) is 0 Å². The Morgan fingerprint density at radius 2 is 1.27 bits per heavy atom. The molecule has 4 heteroatoms. The number of nitrogens with zero attached hydrogens (tertiary/aromatic N) is 1. The number of para-hydroxylation sites is 2. The Kier molecular flexibility index (Phi) is 4.54. The predicted molar refractivity (Wildman–Crippen MR) is 121 cm³/mol. The van der Waals surface area contributed by atoms with E-state index in [1.54, 1.807) is 0 Å². The maximum absolute atomic E-state index is 11.9. The SMILES string of the molecule is NNC(=O)c1ccc2c(c1)Cc1cc(N(c3ccccc3)c3ccccc3)ccc1-2. The standard InChI is InChI=1S/C26H21N3O/c27-28-26(30)18-11-13-24-19(15-18)16-20-17-23(12-14-25(20)24)29(21-7-3-1-4-8-21)22-9-5-2-6-10-22/h1-15,17H,16,27H2,(H,28,30). The fourth-order valence-electron chi connectivity index (χ4n) is 4.16. The molecule has 4 nitrogen and oxygen atoms in total. The number of amides is 1. The van der Waals surface area contributed by atoms with E-state index in [1.165, 1.54) is 16.7 Å². The summed E-state index contributed by atoms with van der Waals surface area (Å²) in [4.78, 5) is 14.2. The zero-order valence-electron chi connectivity index (χ0n) is 16.4. The lowest BCUT2D eigenvalue weighted by Gasteiger charge is -2.26. The average molecular weight is 391 g/mol. The van der Waals surface area contributed by atoms with Gasteiger partial charge in [0.1, 0.15) is 0 Å². The van der Waals surface area contributed by atoms with E-state index in [0.29, 0.717) is 5.56 Å². The van der Waals surface area contributed by atoms with Crippen LogP contribution in [0.1, 0.15) is 21.5 Å². The molecule has 0 saturated carbocycles. The minimum Gasteiger partial charge on any atom is -0.310 e. The number of rotatable bonds is 4. The van der Waals surface area contributed by atoms with E-state index in [-0.39, 0.29) is 5.91 Å². The summed E-state index contributed by atoms with van der Waals surface area (Å²) in [5.41, 5.74) is 10.9. The molecule has 4 aromatic carbocycles. The fraction of sp³-hybridized carbons (Fsp3) is 0.0385. The van der Waals surface area contributed by atoms with Gasteiger partial charge in [0.25, 0.3) is 5.91 Å². The number of nitrogens with two attached hydrogens (primary N) is 1. The van der Waals surface area contributed by atoms with Crippen molar-refractivity contribution >= 4 is 23.0 Å². The minimum atomic E-state index is -0.270. The van der Waals surface area contributed by atoms with Gasteiger partial charge < -0.3 is 4.90 Å². The highest BCUT2D eigenvalue weighted by Gasteiger charge is 2.22. The topological polar surface area (TPSA) is 58.4 Å². The van der Waals surface area contributed by atoms with E-state index in [2.05, 4.69) is 77.1 Å². The Bertz CT molecular complexity index is 1180. The van der Waals surface area contributed by atoms with Crippen LogP contribution < -0.4 is 16.2 Å². The molecule has 1 aliphatic rings. The van der Waals surface area contributed by atoms with E-state index in [0.717, 1.165) is 29.0 Å². The quantitative estimate of drug-likeness (QED) is 0.247. The number of anilines is 3. The molecule has 30 heavy (non-hydrogen) atoms. The summed E-state index contributed by atoms with van der Waals surface area (Å²) in [5, 5.41) is 0. The summed E-state index contributed by atoms with van der Waals surface area (Å²) in [7, 11) is 0. The smallest absolute Gasteiger partial charge is 0.265 e. The molecule has 1 aliphatic carbocycles. The molecule has 1 amide bonds. The van der Waals surface area contributed by atoms with Crippen molar-refractivity contribution in [2.45, 2.75) is 6.42 Å². The van der Waals surface area contributed by atoms with Gasteiger partial charge in [0, 0.05) is 22.6 Å². The van der Waals surface area contributed by atoms with Crippen LogP contribution in [0.5, 0.6) is 0 Å². The van der Waals surface area contributed by atoms with E-state index < -0.39 is 0 Å². The first-order valence-corrected chi connectivity index (χ1v) is 9.92. The van der Waals surface area contributed by atoms with Gasteiger partial charge in [-0.1, -0.05) is 48.5 Å². The molecule has 0 bridgehead atoms. The lowest BCUT2D eigenvalue weighted by Crippen LogP contribution is -2.29. The van der Waals surface area contributed by atoms with Gasteiger partial charge >= 0.3 is 0 Å². The zero-order valence-corrected chi connectivity index (χ0v) is 16.4. The Morgan fingerprint density at radius 3 is 1.87 bits per heavy atom. The molecule has 146 valence electrons. The number of hydrogen-bond donors (Lipinski definition) is 2. The maximum Gasteiger partial charge on any atom is 0.265 e. The molecule has 0 aromatic heterocycles. The molecule has 0 aliphatic heterocycles. The van der Waals surface area contributed by atoms with Crippen molar-refractivity contribution < 1.29 is 4.79 Å². The van der Waals surface area contributed by atoms with Gasteiger partial charge in [-0.05, 0) is 77.2 Å². The van der Waals surface area contributed by atoms with Crippen molar-refractivity contribution in [1.82, 2.24) is 5.43 Å². The highest BCUT2D eigenvalue weighted by atomic mass is 16.2. The summed E-state index contributed by atoms with van der Waals surface area (Å²) in [6.07, 6.45) is 0.793. The zero-order chi connectivity index (χ0) is 20.5. The first-order valence-electron chi connectivity index (χ1n) is 9.92. The average Bonchev–Trinajstić information content (AvgIpc) is 3.17. The summed E-state index contributed by atoms with van der Waals surface area (Å²) < 4.78 is 0. The molecule has 0 heterocycles. The van der Waals surface area contributed by atoms with Crippen molar-refractivity contribution in [3.63, 3.8) is 0 Å². The second kappa shape index (κ2) is 7.50. The van der Waals surface area contributed by atoms with Crippen LogP contribution in [0.15, 0.2) is 97.1 Å². The van der Waals surface area contributed by atoms with E-state index in [9.17, 15) is 4.79 Å². The normalized spacial score (nSPS) is 11.5. The Balaban J connectivity index is 1.57. The second-order valence-corrected chi connectivity index (χ2v) is 7.37. The van der Waals surface area contributed by atoms with Crippen LogP contribution in [0.3, 0.4) is 0 Å². The van der Waals surface area contributed by atoms with Crippen LogP contribution in [0.4, 0.5) is 17.1 Å². The van der Waals surface area contributed by atoms with Crippen LogP contribution in [-0.2, 0) is 6.42 Å². The van der Waals surface area contributed by atoms with E-state index in [1.807, 2.05) is 30.3 Å². The number of carbonyl (C=O) groups is 1. The lowest BCUT2D eigenvalue weighted by molar-refractivity contribution is 0.0953. The van der Waals surface area contributed by atoms with Gasteiger partial charge in [-0.3, -0.25) is 10.2 Å². The lowest BCUT2D eigenvalue weighted by atomic mass is 10.0. The minimum absolute atomic E-state index is 0.270. The van der Waals surface area contributed by atoms with Gasteiger partial charge in [-0.15, -0.1) is 0 Å². The largest absolute Gasteiger partial charge is 0.310 e. The van der Waals surface area contributed by atoms with Crippen LogP contribution in [-0.4, -0.2) is 5.91 Å². The monoisotopic (exact) mass is 391 g/mol. The highest BCUT2D eigenvalue weighted by molar-refractivity contribution is 5.95. The highest BCUT2D eigenvalue weighted by Crippen LogP contribution is 2.41. The molecule has 5 rings (SSSR count). The van der Waals surface area contributed by atoms with E-state index in [4.69, 9.17) is 5.84 Å². The third-order valence-electron chi connectivity index (χ3n) is 5.55. The van der Waals surface area contributed by atoms with Gasteiger partial charge in [0.15, 0.2) is 0 Å². The third-order valence-corrected chi connectivity index (χ3v) is 5.55. The summed E-state index contributed by atoms with van der Waals surface area (Å²) >= 11 is 0. The molecule has 4 aromatic rings. The second-order valence-electron chi connectivity index (χ2n) is 7.37. The number of hydrazine groups is 1. The first-order chi connectivity index (χ1) is 14.7. The number of carbonyl (C=O) groups excluding carboxylic acids is 1. The van der Waals surface area contributed by atoms with Crippen molar-refractivity contribution in [3.8, 4) is 11.1 Å². The summed E-state index contributed by atoms with van der Waals surface area (Å²) in [6, 6.07) is 33.1. The predicted octanol–water partition coefficient (Wildman–Crippen LogP) is 5.33. The molecule has 0 unspecified atom stereocenters. The number of nitrogen functional groups attached to an aromatic ring is 1. The van der Waals surface area contributed by atoms with Crippen molar-refractivity contribution in [2.75, 3.05) is 4.90 Å². The van der Waals surface area contributed by atoms with Crippen molar-refractivity contribution in [1.29, 1.82) is 0 Å². The molecule has 0 saturated heterocycles. The van der Waals surface area contributed by atoms with E-state index >= 15 is 0 Å². The molecule has 0 fully saturated rings. The Labute approximate surface area is 175 Å². The van der Waals surface area contributed by atoms with Crippen LogP contribution in [0, 0.1) is 0 Å². The van der Waals surface area contributed by atoms with Crippen molar-refractivity contribution in [3.05, 3.63) is 114 Å². The Morgan fingerprint density at radius 1 is 0.700 bits per heavy atom. The van der Waals surface area contributed by atoms with Gasteiger partial charge in [-0.25, -0.2) is 5.84 Å². The fourth-order valence-corrected chi connectivity index (χ4v) is 4.16. The van der Waals surface area contributed by atoms with Crippen molar-refractivity contribution in [2.24, 2.45) is 5.84 Å². The van der Waals surface area contributed by atoms with Gasteiger partial charge in [0.05, 0.1) is 0 Å². The molecular formula is C26H21N3O. The summed E-state index contributed by atoms with van der Waals surface area (Å²) in [5.74, 6) is 5.02. The first kappa shape index (κ1) is 18.2. The van der Waals surface area contributed by atoms with Crippen LogP contribution in [0.25, 0.3) is 11.1 Å². The maximum atomic E-state index is 11.9. The molecular weight excluding hydrogens is 370 g/mol. The van der Waals surface area contributed by atoms with Gasteiger partial charge in [-0.2, -0.15) is 0 Å². The molecule has 0 spiro atoms.